The fourth-order valence-corrected chi connectivity index (χ4v) is 3.92. The lowest BCUT2D eigenvalue weighted by Gasteiger charge is -2.22. The molecule has 2 aromatic rings. The predicted molar refractivity (Wildman–Crippen MR) is 84.9 cm³/mol. The van der Waals surface area contributed by atoms with Crippen LogP contribution in [0.25, 0.3) is 10.2 Å². The second-order valence-corrected chi connectivity index (χ2v) is 8.78. The van der Waals surface area contributed by atoms with Crippen molar-refractivity contribution >= 4 is 37.5 Å². The zero-order valence-corrected chi connectivity index (χ0v) is 14.1. The molecular weight excluding hydrogens is 324 g/mol. The molecule has 1 N–H and O–H groups in total. The van der Waals surface area contributed by atoms with Gasteiger partial charge in [0, 0.05) is 6.42 Å². The van der Waals surface area contributed by atoms with Crippen LogP contribution in [0.3, 0.4) is 0 Å². The smallest absolute Gasteiger partial charge is 0.268 e. The second kappa shape index (κ2) is 5.37. The Bertz CT molecular complexity index is 639. The second-order valence-electron chi connectivity index (χ2n) is 6.35. The fourth-order valence-electron chi connectivity index (χ4n) is 2.50. The van der Waals surface area contributed by atoms with Crippen LogP contribution >= 0.6 is 27.3 Å². The summed E-state index contributed by atoms with van der Waals surface area (Å²) in [5, 5.41) is 0. The Morgan fingerprint density at radius 1 is 1.47 bits per heavy atom. The van der Waals surface area contributed by atoms with Gasteiger partial charge in [-0.3, -0.25) is 4.79 Å². The molecular formula is C14H19BrN2OS. The maximum absolute atomic E-state index is 12.0. The van der Waals surface area contributed by atoms with Gasteiger partial charge >= 0.3 is 0 Å². The number of hydrogen-bond donors (Lipinski definition) is 1. The topological polar surface area (TPSA) is 45.8 Å². The molecule has 3 nitrogen and oxygen atoms in total. The third-order valence-corrected chi connectivity index (χ3v) is 4.53. The first-order valence-electron chi connectivity index (χ1n) is 6.43. The average Bonchev–Trinajstić information content (AvgIpc) is 2.55. The number of thiophene rings is 1. The Kier molecular flexibility index (Phi) is 4.16. The van der Waals surface area contributed by atoms with Crippen molar-refractivity contribution in [1.29, 1.82) is 0 Å². The number of halogens is 1. The molecule has 0 fully saturated rings. The van der Waals surface area contributed by atoms with Crippen LogP contribution in [0.4, 0.5) is 0 Å². The molecule has 0 amide bonds. The molecule has 0 saturated heterocycles. The van der Waals surface area contributed by atoms with Crippen LogP contribution in [0.5, 0.6) is 0 Å². The van der Waals surface area contributed by atoms with E-state index in [-0.39, 0.29) is 5.56 Å². The summed E-state index contributed by atoms with van der Waals surface area (Å²) in [5.41, 5.74) is 1.06. The Morgan fingerprint density at radius 2 is 2.16 bits per heavy atom. The van der Waals surface area contributed by atoms with E-state index < -0.39 is 0 Å². The van der Waals surface area contributed by atoms with Crippen LogP contribution in [0.1, 0.15) is 39.9 Å². The van der Waals surface area contributed by atoms with Crippen LogP contribution < -0.4 is 5.56 Å². The Labute approximate surface area is 125 Å². The molecule has 0 spiro atoms. The van der Waals surface area contributed by atoms with Crippen molar-refractivity contribution in [2.75, 3.05) is 0 Å². The van der Waals surface area contributed by atoms with Crippen molar-refractivity contribution in [3.63, 3.8) is 0 Å². The van der Waals surface area contributed by atoms with Crippen molar-refractivity contribution in [2.24, 2.45) is 11.3 Å². The van der Waals surface area contributed by atoms with Crippen LogP contribution in [0.2, 0.25) is 0 Å². The van der Waals surface area contributed by atoms with E-state index in [0.717, 1.165) is 28.0 Å². The number of nitrogens with zero attached hydrogens (tertiary/aromatic N) is 1. The van der Waals surface area contributed by atoms with Gasteiger partial charge in [0.05, 0.1) is 9.30 Å². The zero-order chi connectivity index (χ0) is 14.2. The Balaban J connectivity index is 2.24. The van der Waals surface area contributed by atoms with E-state index in [1.807, 2.05) is 6.07 Å². The quantitative estimate of drug-likeness (QED) is 0.900. The van der Waals surface area contributed by atoms with E-state index in [2.05, 4.69) is 53.6 Å². The molecule has 0 aromatic carbocycles. The van der Waals surface area contributed by atoms with Gasteiger partial charge < -0.3 is 4.98 Å². The van der Waals surface area contributed by atoms with E-state index in [9.17, 15) is 4.79 Å². The maximum Gasteiger partial charge on any atom is 0.268 e. The van der Waals surface area contributed by atoms with Crippen LogP contribution in [0, 0.1) is 11.3 Å². The molecule has 19 heavy (non-hydrogen) atoms. The third kappa shape index (κ3) is 3.89. The zero-order valence-electron chi connectivity index (χ0n) is 11.7. The number of aromatic amines is 1. The third-order valence-electron chi connectivity index (χ3n) is 2.90. The van der Waals surface area contributed by atoms with Gasteiger partial charge in [0.2, 0.25) is 0 Å². The minimum atomic E-state index is -0.0290. The van der Waals surface area contributed by atoms with Gasteiger partial charge in [0.15, 0.2) is 0 Å². The summed E-state index contributed by atoms with van der Waals surface area (Å²) in [6.07, 6.45) is 1.93. The number of nitrogens with one attached hydrogen (secondary N) is 1. The van der Waals surface area contributed by atoms with Crippen molar-refractivity contribution in [2.45, 2.75) is 40.5 Å². The summed E-state index contributed by atoms with van der Waals surface area (Å²) >= 11 is 4.83. The Morgan fingerprint density at radius 3 is 2.79 bits per heavy atom. The first-order valence-corrected chi connectivity index (χ1v) is 8.04. The summed E-state index contributed by atoms with van der Waals surface area (Å²) in [6, 6.07) is 1.91. The molecule has 104 valence electrons. The molecule has 0 unspecified atom stereocenters. The largest absolute Gasteiger partial charge is 0.309 e. The van der Waals surface area contributed by atoms with E-state index in [0.29, 0.717) is 16.0 Å². The molecule has 1 atom stereocenters. The summed E-state index contributed by atoms with van der Waals surface area (Å²) in [5.74, 6) is 1.29. The first-order chi connectivity index (χ1) is 8.74. The normalized spacial score (nSPS) is 13.9. The minimum Gasteiger partial charge on any atom is -0.309 e. The van der Waals surface area contributed by atoms with E-state index >= 15 is 0 Å². The molecule has 0 saturated carbocycles. The molecule has 0 radical (unpaired) electrons. The van der Waals surface area contributed by atoms with Gasteiger partial charge in [-0.05, 0) is 39.8 Å². The lowest BCUT2D eigenvalue weighted by atomic mass is 9.84. The van der Waals surface area contributed by atoms with Crippen molar-refractivity contribution in [3.05, 3.63) is 26.0 Å². The predicted octanol–water partition coefficient (Wildman–Crippen LogP) is 4.36. The average molecular weight is 343 g/mol. The molecule has 0 aliphatic heterocycles. The maximum atomic E-state index is 12.0. The number of H-pyrrole nitrogens is 1. The van der Waals surface area contributed by atoms with Crippen LogP contribution in [-0.4, -0.2) is 9.97 Å². The lowest BCUT2D eigenvalue weighted by molar-refractivity contribution is 0.303. The fraction of sp³-hybridized carbons (Fsp3) is 0.571. The Hall–Kier alpha value is -0.680. The van der Waals surface area contributed by atoms with Gasteiger partial charge in [0.25, 0.3) is 5.56 Å². The van der Waals surface area contributed by atoms with E-state index in [1.54, 1.807) is 0 Å². The molecule has 0 bridgehead atoms. The molecule has 2 rings (SSSR count). The number of aromatic nitrogens is 2. The SMILES string of the molecule is C[C@@H](Cc1nc2cc(Br)sc2c(=O)[nH]1)CC(C)(C)C. The van der Waals surface area contributed by atoms with Gasteiger partial charge in [-0.2, -0.15) is 0 Å². The molecule has 0 aliphatic carbocycles. The summed E-state index contributed by atoms with van der Waals surface area (Å²) < 4.78 is 1.64. The van der Waals surface area contributed by atoms with E-state index in [1.165, 1.54) is 11.3 Å². The van der Waals surface area contributed by atoms with Crippen molar-refractivity contribution in [1.82, 2.24) is 9.97 Å². The van der Waals surface area contributed by atoms with Crippen molar-refractivity contribution < 1.29 is 0 Å². The monoisotopic (exact) mass is 342 g/mol. The molecule has 2 heterocycles. The van der Waals surface area contributed by atoms with Gasteiger partial charge in [0.1, 0.15) is 10.5 Å². The number of hydrogen-bond acceptors (Lipinski definition) is 3. The van der Waals surface area contributed by atoms with Crippen LogP contribution in [-0.2, 0) is 6.42 Å². The highest BCUT2D eigenvalue weighted by Gasteiger charge is 2.17. The standard InChI is InChI=1S/C14H19BrN2OS/c1-8(7-14(2,3)4)5-11-16-9-6-10(15)19-12(9)13(18)17-11/h6,8H,5,7H2,1-4H3,(H,16,17,18)/t8-/m0/s1. The summed E-state index contributed by atoms with van der Waals surface area (Å²) in [6.45, 7) is 8.91. The number of fused-ring (bicyclic) bond motifs is 1. The first kappa shape index (κ1) is 14.7. The van der Waals surface area contributed by atoms with Gasteiger partial charge in [-0.25, -0.2) is 4.98 Å². The van der Waals surface area contributed by atoms with Gasteiger partial charge in [-0.15, -0.1) is 11.3 Å². The highest BCUT2D eigenvalue weighted by atomic mass is 79.9. The number of rotatable bonds is 3. The molecule has 0 aliphatic rings. The summed E-state index contributed by atoms with van der Waals surface area (Å²) in [4.78, 5) is 19.4. The van der Waals surface area contributed by atoms with Crippen LogP contribution in [0.15, 0.2) is 14.6 Å². The van der Waals surface area contributed by atoms with E-state index in [4.69, 9.17) is 0 Å². The highest BCUT2D eigenvalue weighted by molar-refractivity contribution is 9.11. The van der Waals surface area contributed by atoms with Gasteiger partial charge in [-0.1, -0.05) is 27.7 Å². The van der Waals surface area contributed by atoms with Crippen molar-refractivity contribution in [3.8, 4) is 0 Å². The molecule has 5 heteroatoms. The minimum absolute atomic E-state index is 0.0290. The summed E-state index contributed by atoms with van der Waals surface area (Å²) in [7, 11) is 0. The highest BCUT2D eigenvalue weighted by Crippen LogP contribution is 2.27. The molecule has 2 aromatic heterocycles. The lowest BCUT2D eigenvalue weighted by Crippen LogP contribution is -2.16.